The number of hydrogen-bond donors (Lipinski definition) is 1. The van der Waals surface area contributed by atoms with Crippen LogP contribution in [0.25, 0.3) is 16.7 Å². The van der Waals surface area contributed by atoms with Gasteiger partial charge in [0.15, 0.2) is 0 Å². The van der Waals surface area contributed by atoms with Gasteiger partial charge in [0, 0.05) is 0 Å². The second kappa shape index (κ2) is 4.49. The number of aromatic carboxylic acids is 1. The lowest BCUT2D eigenvalue weighted by molar-refractivity contribution is 0.0699. The number of nitrogens with zero attached hydrogens (tertiary/aromatic N) is 2. The van der Waals surface area contributed by atoms with Crippen LogP contribution in [-0.2, 0) is 0 Å². The molecule has 4 nitrogen and oxygen atoms in total. The first-order valence-electron chi connectivity index (χ1n) is 6.35. The molecule has 0 aliphatic carbocycles. The second-order valence-corrected chi connectivity index (χ2v) is 4.88. The molecule has 0 amide bonds. The van der Waals surface area contributed by atoms with Crippen LogP contribution in [0.15, 0.2) is 42.7 Å². The van der Waals surface area contributed by atoms with Crippen molar-refractivity contribution in [3.8, 4) is 5.69 Å². The van der Waals surface area contributed by atoms with E-state index >= 15 is 0 Å². The summed E-state index contributed by atoms with van der Waals surface area (Å²) in [5, 5.41) is 9.21. The third-order valence-electron chi connectivity index (χ3n) is 3.43. The fourth-order valence-corrected chi connectivity index (χ4v) is 2.38. The van der Waals surface area contributed by atoms with E-state index in [1.165, 1.54) is 0 Å². The highest BCUT2D eigenvalue weighted by molar-refractivity contribution is 6.01. The van der Waals surface area contributed by atoms with Crippen LogP contribution in [0.2, 0.25) is 0 Å². The normalized spacial score (nSPS) is 10.9. The number of carboxylic acids is 1. The third kappa shape index (κ3) is 1.86. The predicted molar refractivity (Wildman–Crippen MR) is 77.5 cm³/mol. The molecule has 4 heteroatoms. The van der Waals surface area contributed by atoms with Gasteiger partial charge in [0.25, 0.3) is 0 Å². The molecule has 1 heterocycles. The molecule has 0 atom stereocenters. The number of hydrogen-bond acceptors (Lipinski definition) is 2. The van der Waals surface area contributed by atoms with Crippen molar-refractivity contribution < 1.29 is 9.90 Å². The van der Waals surface area contributed by atoms with Crippen LogP contribution in [0.5, 0.6) is 0 Å². The molecule has 0 bridgehead atoms. The first-order valence-corrected chi connectivity index (χ1v) is 6.35. The number of fused-ring (bicyclic) bond motifs is 1. The van der Waals surface area contributed by atoms with Crippen molar-refractivity contribution in [3.05, 3.63) is 59.4 Å². The van der Waals surface area contributed by atoms with Crippen molar-refractivity contribution >= 4 is 17.0 Å². The Morgan fingerprint density at radius 2 is 2.00 bits per heavy atom. The summed E-state index contributed by atoms with van der Waals surface area (Å²) in [5.74, 6) is -0.957. The SMILES string of the molecule is Cc1ccc(C)c(-n2cnc3c(C(=O)O)cccc32)c1. The van der Waals surface area contributed by atoms with Gasteiger partial charge in [0.2, 0.25) is 0 Å². The standard InChI is InChI=1S/C16H14N2O2/c1-10-6-7-11(2)14(8-10)18-9-17-15-12(16(19)20)4-3-5-13(15)18/h3-9H,1-2H3,(H,19,20). The molecule has 0 aliphatic heterocycles. The van der Waals surface area contributed by atoms with Crippen LogP contribution >= 0.6 is 0 Å². The van der Waals surface area contributed by atoms with E-state index in [9.17, 15) is 9.90 Å². The van der Waals surface area contributed by atoms with Gasteiger partial charge in [-0.3, -0.25) is 4.57 Å². The summed E-state index contributed by atoms with van der Waals surface area (Å²) in [5.41, 5.74) is 4.85. The molecule has 0 saturated carbocycles. The molecule has 0 radical (unpaired) electrons. The summed E-state index contributed by atoms with van der Waals surface area (Å²) in [6, 6.07) is 11.4. The van der Waals surface area contributed by atoms with Crippen molar-refractivity contribution in [2.75, 3.05) is 0 Å². The van der Waals surface area contributed by atoms with Gasteiger partial charge in [-0.05, 0) is 43.2 Å². The van der Waals surface area contributed by atoms with Gasteiger partial charge in [-0.15, -0.1) is 0 Å². The number of carbonyl (C=O) groups is 1. The third-order valence-corrected chi connectivity index (χ3v) is 3.43. The Balaban J connectivity index is 2.31. The minimum atomic E-state index is -0.957. The van der Waals surface area contributed by atoms with Crippen molar-refractivity contribution in [1.82, 2.24) is 9.55 Å². The monoisotopic (exact) mass is 266 g/mol. The number of imidazole rings is 1. The maximum atomic E-state index is 11.2. The average Bonchev–Trinajstić information content (AvgIpc) is 2.85. The zero-order valence-corrected chi connectivity index (χ0v) is 11.3. The molecule has 20 heavy (non-hydrogen) atoms. The molecule has 3 aromatic rings. The van der Waals surface area contributed by atoms with Crippen LogP contribution in [0.4, 0.5) is 0 Å². The molecule has 100 valence electrons. The molecule has 3 rings (SSSR count). The van der Waals surface area contributed by atoms with Gasteiger partial charge in [-0.1, -0.05) is 18.2 Å². The fourth-order valence-electron chi connectivity index (χ4n) is 2.38. The van der Waals surface area contributed by atoms with Crippen molar-refractivity contribution in [2.24, 2.45) is 0 Å². The van der Waals surface area contributed by atoms with Gasteiger partial charge in [-0.2, -0.15) is 0 Å². The zero-order chi connectivity index (χ0) is 14.3. The smallest absolute Gasteiger partial charge is 0.337 e. The Morgan fingerprint density at radius 3 is 2.75 bits per heavy atom. The topological polar surface area (TPSA) is 55.1 Å². The average molecular weight is 266 g/mol. The molecule has 1 N–H and O–H groups in total. The predicted octanol–water partition coefficient (Wildman–Crippen LogP) is 3.34. The van der Waals surface area contributed by atoms with Crippen molar-refractivity contribution in [2.45, 2.75) is 13.8 Å². The number of aryl methyl sites for hydroxylation is 2. The maximum Gasteiger partial charge on any atom is 0.337 e. The molecular formula is C16H14N2O2. The summed E-state index contributed by atoms with van der Waals surface area (Å²) in [6.45, 7) is 4.06. The van der Waals surface area contributed by atoms with Gasteiger partial charge < -0.3 is 5.11 Å². The van der Waals surface area contributed by atoms with Crippen LogP contribution in [0.1, 0.15) is 21.5 Å². The molecule has 0 unspecified atom stereocenters. The number of benzene rings is 2. The van der Waals surface area contributed by atoms with Gasteiger partial charge in [0.05, 0.1) is 16.8 Å². The highest BCUT2D eigenvalue weighted by Gasteiger charge is 2.13. The summed E-state index contributed by atoms with van der Waals surface area (Å²) in [4.78, 5) is 15.5. The van der Waals surface area contributed by atoms with Crippen LogP contribution in [0, 0.1) is 13.8 Å². The minimum absolute atomic E-state index is 0.228. The first kappa shape index (κ1) is 12.4. The quantitative estimate of drug-likeness (QED) is 0.774. The largest absolute Gasteiger partial charge is 0.478 e. The summed E-state index contributed by atoms with van der Waals surface area (Å²) >= 11 is 0. The highest BCUT2D eigenvalue weighted by Crippen LogP contribution is 2.24. The summed E-state index contributed by atoms with van der Waals surface area (Å²) in [6.07, 6.45) is 1.68. The van der Waals surface area contributed by atoms with Crippen molar-refractivity contribution in [1.29, 1.82) is 0 Å². The molecular weight excluding hydrogens is 252 g/mol. The lowest BCUT2D eigenvalue weighted by Crippen LogP contribution is -1.99. The molecule has 1 aromatic heterocycles. The van der Waals surface area contributed by atoms with E-state index in [4.69, 9.17) is 0 Å². The molecule has 0 saturated heterocycles. The fraction of sp³-hybridized carbons (Fsp3) is 0.125. The Labute approximate surface area is 116 Å². The van der Waals surface area contributed by atoms with Gasteiger partial charge >= 0.3 is 5.97 Å². The van der Waals surface area contributed by atoms with Gasteiger partial charge in [-0.25, -0.2) is 9.78 Å². The number of carboxylic acid groups (broad SMARTS) is 1. The Bertz CT molecular complexity index is 818. The van der Waals surface area contributed by atoms with E-state index in [-0.39, 0.29) is 5.56 Å². The molecule has 2 aromatic carbocycles. The minimum Gasteiger partial charge on any atom is -0.478 e. The molecule has 0 spiro atoms. The van der Waals surface area contributed by atoms with E-state index in [0.29, 0.717) is 5.52 Å². The second-order valence-electron chi connectivity index (χ2n) is 4.88. The Morgan fingerprint density at radius 1 is 1.20 bits per heavy atom. The van der Waals surface area contributed by atoms with E-state index in [1.807, 2.05) is 24.5 Å². The highest BCUT2D eigenvalue weighted by atomic mass is 16.4. The van der Waals surface area contributed by atoms with Gasteiger partial charge in [0.1, 0.15) is 11.8 Å². The molecule has 0 fully saturated rings. The van der Waals surface area contributed by atoms with Crippen LogP contribution in [-0.4, -0.2) is 20.6 Å². The lowest BCUT2D eigenvalue weighted by Gasteiger charge is -2.09. The Hall–Kier alpha value is -2.62. The summed E-state index contributed by atoms with van der Waals surface area (Å²) in [7, 11) is 0. The van der Waals surface area contributed by atoms with Crippen LogP contribution in [0.3, 0.4) is 0 Å². The summed E-state index contributed by atoms with van der Waals surface area (Å²) < 4.78 is 1.93. The van der Waals surface area contributed by atoms with E-state index in [1.54, 1.807) is 18.5 Å². The number of rotatable bonds is 2. The van der Waals surface area contributed by atoms with Crippen molar-refractivity contribution in [3.63, 3.8) is 0 Å². The molecule has 0 aliphatic rings. The van der Waals surface area contributed by atoms with E-state index < -0.39 is 5.97 Å². The van der Waals surface area contributed by atoms with E-state index in [2.05, 4.69) is 23.2 Å². The lowest BCUT2D eigenvalue weighted by atomic mass is 10.1. The first-order chi connectivity index (χ1) is 9.58. The van der Waals surface area contributed by atoms with E-state index in [0.717, 1.165) is 22.3 Å². The maximum absolute atomic E-state index is 11.2. The zero-order valence-electron chi connectivity index (χ0n) is 11.3. The number of para-hydroxylation sites is 1. The van der Waals surface area contributed by atoms with Crippen LogP contribution < -0.4 is 0 Å². The Kier molecular flexibility index (Phi) is 2.79. The number of aromatic nitrogens is 2.